The Balaban J connectivity index is 2.24. The summed E-state index contributed by atoms with van der Waals surface area (Å²) in [5.74, 6) is -0.516. The second-order valence-electron chi connectivity index (χ2n) is 7.49. The van der Waals surface area contributed by atoms with Gasteiger partial charge in [-0.1, -0.05) is 29.9 Å². The molecule has 134 valence electrons. The lowest BCUT2D eigenvalue weighted by molar-refractivity contribution is -0.139. The highest BCUT2D eigenvalue weighted by molar-refractivity contribution is 6.24. The van der Waals surface area contributed by atoms with Gasteiger partial charge in [-0.25, -0.2) is 4.79 Å². The van der Waals surface area contributed by atoms with Gasteiger partial charge in [0.1, 0.15) is 6.10 Å². The zero-order chi connectivity index (χ0) is 17.9. The van der Waals surface area contributed by atoms with E-state index in [-0.39, 0.29) is 18.0 Å². The van der Waals surface area contributed by atoms with E-state index in [0.29, 0.717) is 24.8 Å². The van der Waals surface area contributed by atoms with E-state index < -0.39 is 11.0 Å². The number of halogens is 1. The van der Waals surface area contributed by atoms with Gasteiger partial charge in [0.25, 0.3) is 0 Å². The summed E-state index contributed by atoms with van der Waals surface area (Å²) >= 11 is 6.60. The molecule has 0 radical (unpaired) electrons. The zero-order valence-corrected chi connectivity index (χ0v) is 15.7. The lowest BCUT2D eigenvalue weighted by Gasteiger charge is -2.31. The number of rotatable bonds is 0. The maximum Gasteiger partial charge on any atom is 0.334 e. The van der Waals surface area contributed by atoms with E-state index in [1.165, 1.54) is 11.1 Å². The number of fused-ring (bicyclic) bond motifs is 1. The highest BCUT2D eigenvalue weighted by atomic mass is 35.5. The molecule has 0 aromatic rings. The Morgan fingerprint density at radius 3 is 2.67 bits per heavy atom. The number of ether oxygens (including phenoxy) is 1. The summed E-state index contributed by atoms with van der Waals surface area (Å²) in [5, 5.41) is 10.7. The number of aliphatic hydroxyl groups is 1. The van der Waals surface area contributed by atoms with Crippen LogP contribution < -0.4 is 0 Å². The van der Waals surface area contributed by atoms with Crippen LogP contribution in [0.1, 0.15) is 59.3 Å². The van der Waals surface area contributed by atoms with E-state index in [1.807, 2.05) is 6.92 Å². The first-order chi connectivity index (χ1) is 11.2. The number of hydrogen-bond donors (Lipinski definition) is 1. The largest absolute Gasteiger partial charge is 0.458 e. The van der Waals surface area contributed by atoms with Gasteiger partial charge >= 0.3 is 5.97 Å². The molecule has 0 aromatic carbocycles. The van der Waals surface area contributed by atoms with Crippen molar-refractivity contribution in [3.05, 3.63) is 35.5 Å². The first-order valence-corrected chi connectivity index (χ1v) is 9.16. The Bertz CT molecular complexity index is 559. The number of carbonyl (C=O) groups is 1. The first-order valence-electron chi connectivity index (χ1n) is 8.78. The third-order valence-corrected chi connectivity index (χ3v) is 5.71. The molecule has 4 heteroatoms. The fourth-order valence-corrected chi connectivity index (χ4v) is 3.65. The van der Waals surface area contributed by atoms with E-state index in [2.05, 4.69) is 32.6 Å². The molecule has 1 N–H and O–H groups in total. The predicted molar refractivity (Wildman–Crippen MR) is 98.0 cm³/mol. The molecule has 24 heavy (non-hydrogen) atoms. The van der Waals surface area contributed by atoms with Crippen LogP contribution in [0.15, 0.2) is 35.5 Å². The summed E-state index contributed by atoms with van der Waals surface area (Å²) < 4.78 is 5.50. The molecule has 1 aliphatic carbocycles. The van der Waals surface area contributed by atoms with Gasteiger partial charge in [0.05, 0.1) is 11.0 Å². The molecule has 0 saturated carbocycles. The van der Waals surface area contributed by atoms with E-state index in [0.717, 1.165) is 19.3 Å². The minimum atomic E-state index is -0.720. The van der Waals surface area contributed by atoms with Crippen molar-refractivity contribution >= 4 is 17.6 Å². The van der Waals surface area contributed by atoms with Crippen LogP contribution in [0.3, 0.4) is 0 Å². The molecule has 2 aliphatic rings. The summed E-state index contributed by atoms with van der Waals surface area (Å²) in [4.78, 5) is 11.2. The number of carbonyl (C=O) groups excluding carboxylic acids is 1. The van der Waals surface area contributed by atoms with Crippen molar-refractivity contribution < 1.29 is 14.6 Å². The Morgan fingerprint density at radius 1 is 1.29 bits per heavy atom. The highest BCUT2D eigenvalue weighted by Gasteiger charge is 2.42. The number of aliphatic hydroxyl groups excluding tert-OH is 1. The van der Waals surface area contributed by atoms with Crippen LogP contribution in [0, 0.1) is 5.92 Å². The van der Waals surface area contributed by atoms with E-state index in [9.17, 15) is 9.90 Å². The summed E-state index contributed by atoms with van der Waals surface area (Å²) in [6.07, 6.45) is 8.11. The van der Waals surface area contributed by atoms with Gasteiger partial charge in [0, 0.05) is 17.9 Å². The minimum absolute atomic E-state index is 0.172. The molecular weight excluding hydrogens is 324 g/mol. The number of esters is 1. The predicted octanol–water partition coefficient (Wildman–Crippen LogP) is 4.69. The van der Waals surface area contributed by atoms with Crippen molar-refractivity contribution in [3.8, 4) is 0 Å². The molecule has 0 aromatic heterocycles. The average molecular weight is 353 g/mol. The second kappa shape index (κ2) is 7.88. The smallest absolute Gasteiger partial charge is 0.334 e. The lowest BCUT2D eigenvalue weighted by Crippen LogP contribution is -2.37. The summed E-state index contributed by atoms with van der Waals surface area (Å²) in [5.41, 5.74) is 3.01. The van der Waals surface area contributed by atoms with Crippen LogP contribution in [-0.2, 0) is 9.53 Å². The van der Waals surface area contributed by atoms with Gasteiger partial charge in [-0.05, 0) is 52.9 Å². The van der Waals surface area contributed by atoms with Gasteiger partial charge in [-0.3, -0.25) is 0 Å². The molecule has 1 heterocycles. The molecule has 4 atom stereocenters. The molecule has 3 nitrogen and oxygen atoms in total. The molecule has 1 fully saturated rings. The SMILES string of the molecule is C=C1C(=O)O[C@H]2C/C(C)=C/CC/C(C)=C/CCC(C)(Cl)[C@H](O)C[C@@H]12. The van der Waals surface area contributed by atoms with E-state index in [4.69, 9.17) is 16.3 Å². The van der Waals surface area contributed by atoms with Crippen LogP contribution in [0.25, 0.3) is 0 Å². The molecule has 0 bridgehead atoms. The average Bonchev–Trinajstić information content (AvgIpc) is 2.73. The van der Waals surface area contributed by atoms with Crippen LogP contribution >= 0.6 is 11.6 Å². The molecule has 1 unspecified atom stereocenters. The normalized spacial score (nSPS) is 40.6. The third-order valence-electron chi connectivity index (χ3n) is 5.27. The van der Waals surface area contributed by atoms with Crippen molar-refractivity contribution in [2.45, 2.75) is 76.4 Å². The maximum atomic E-state index is 11.9. The summed E-state index contributed by atoms with van der Waals surface area (Å²) in [6, 6.07) is 0. The van der Waals surface area contributed by atoms with Crippen molar-refractivity contribution in [2.75, 3.05) is 0 Å². The lowest BCUT2D eigenvalue weighted by atomic mass is 9.83. The third kappa shape index (κ3) is 4.73. The number of allylic oxidation sites excluding steroid dienone is 3. The molecule has 2 rings (SSSR count). The highest BCUT2D eigenvalue weighted by Crippen LogP contribution is 2.38. The van der Waals surface area contributed by atoms with Gasteiger partial charge in [0.2, 0.25) is 0 Å². The quantitative estimate of drug-likeness (QED) is 0.298. The van der Waals surface area contributed by atoms with Crippen LogP contribution in [0.2, 0.25) is 0 Å². The fraction of sp³-hybridized carbons (Fsp3) is 0.650. The molecular formula is C20H29ClO3. The fourth-order valence-electron chi connectivity index (χ4n) is 3.45. The van der Waals surface area contributed by atoms with Gasteiger partial charge in [-0.15, -0.1) is 11.6 Å². The van der Waals surface area contributed by atoms with E-state index in [1.54, 1.807) is 0 Å². The molecule has 1 aliphatic heterocycles. The Labute approximate surface area is 150 Å². The Kier molecular flexibility index (Phi) is 6.33. The first kappa shape index (κ1) is 19.3. The number of hydrogen-bond acceptors (Lipinski definition) is 3. The van der Waals surface area contributed by atoms with Gasteiger partial charge < -0.3 is 9.84 Å². The van der Waals surface area contributed by atoms with Crippen molar-refractivity contribution in [1.82, 2.24) is 0 Å². The van der Waals surface area contributed by atoms with Crippen molar-refractivity contribution in [1.29, 1.82) is 0 Å². The van der Waals surface area contributed by atoms with Gasteiger partial charge in [0.15, 0.2) is 0 Å². The van der Waals surface area contributed by atoms with Crippen molar-refractivity contribution in [2.24, 2.45) is 5.92 Å². The van der Waals surface area contributed by atoms with Gasteiger partial charge in [-0.2, -0.15) is 0 Å². The summed E-state index contributed by atoms with van der Waals surface area (Å²) in [7, 11) is 0. The Hall–Kier alpha value is -1.06. The monoisotopic (exact) mass is 352 g/mol. The van der Waals surface area contributed by atoms with Crippen LogP contribution in [0.5, 0.6) is 0 Å². The standard InChI is InChI=1S/C20H29ClO3/c1-13-7-5-8-14(2)11-17-16(15(3)19(23)24-17)12-18(22)20(4,21)10-6-9-13/h8-9,16-18,22H,3,5-7,10-12H2,1-2,4H3/b13-9+,14-8+/t16-,17-,18+,20?/m0/s1. The summed E-state index contributed by atoms with van der Waals surface area (Å²) in [6.45, 7) is 9.95. The minimum Gasteiger partial charge on any atom is -0.458 e. The van der Waals surface area contributed by atoms with Crippen LogP contribution in [0.4, 0.5) is 0 Å². The Morgan fingerprint density at radius 2 is 1.96 bits per heavy atom. The molecule has 0 amide bonds. The molecule has 0 spiro atoms. The number of alkyl halides is 1. The zero-order valence-electron chi connectivity index (χ0n) is 15.0. The molecule has 1 saturated heterocycles. The van der Waals surface area contributed by atoms with Crippen LogP contribution in [-0.4, -0.2) is 28.2 Å². The maximum absolute atomic E-state index is 11.9. The topological polar surface area (TPSA) is 46.5 Å². The van der Waals surface area contributed by atoms with Crippen molar-refractivity contribution in [3.63, 3.8) is 0 Å². The van der Waals surface area contributed by atoms with E-state index >= 15 is 0 Å². The second-order valence-corrected chi connectivity index (χ2v) is 8.35.